The molecule has 0 aliphatic rings. The summed E-state index contributed by atoms with van der Waals surface area (Å²) in [5.74, 6) is -1.08. The second-order valence-electron chi connectivity index (χ2n) is 2.89. The fourth-order valence-corrected chi connectivity index (χ4v) is 1.41. The van der Waals surface area contributed by atoms with Crippen molar-refractivity contribution >= 4 is 17.6 Å². The fourth-order valence-electron chi connectivity index (χ4n) is 1.06. The van der Waals surface area contributed by atoms with Gasteiger partial charge in [0, 0.05) is 5.56 Å². The predicted octanol–water partition coefficient (Wildman–Crippen LogP) is 1.95. The SMILES string of the molecule is CC(C)c1c(Cl)ncnc1C(=O)O. The van der Waals surface area contributed by atoms with Crippen LogP contribution in [0.15, 0.2) is 6.33 Å². The summed E-state index contributed by atoms with van der Waals surface area (Å²) >= 11 is 5.75. The number of carboxylic acid groups (broad SMARTS) is 1. The topological polar surface area (TPSA) is 63.1 Å². The molecule has 1 N–H and O–H groups in total. The maximum Gasteiger partial charge on any atom is 0.354 e. The van der Waals surface area contributed by atoms with E-state index in [2.05, 4.69) is 9.97 Å². The van der Waals surface area contributed by atoms with Gasteiger partial charge >= 0.3 is 5.97 Å². The predicted molar refractivity (Wildman–Crippen MR) is 48.1 cm³/mol. The van der Waals surface area contributed by atoms with Crippen LogP contribution in [0, 0.1) is 0 Å². The third-order valence-corrected chi connectivity index (χ3v) is 1.92. The molecule has 0 aliphatic heterocycles. The number of aromatic carboxylic acids is 1. The molecule has 13 heavy (non-hydrogen) atoms. The monoisotopic (exact) mass is 200 g/mol. The molecule has 0 bridgehead atoms. The molecule has 0 fully saturated rings. The number of nitrogens with zero attached hydrogens (tertiary/aromatic N) is 2. The number of halogens is 1. The van der Waals surface area contributed by atoms with Crippen LogP contribution in [-0.2, 0) is 0 Å². The first-order valence-corrected chi connectivity index (χ1v) is 4.15. The van der Waals surface area contributed by atoms with Crippen molar-refractivity contribution < 1.29 is 9.90 Å². The van der Waals surface area contributed by atoms with Gasteiger partial charge in [0.15, 0.2) is 5.69 Å². The highest BCUT2D eigenvalue weighted by Gasteiger charge is 2.18. The van der Waals surface area contributed by atoms with E-state index in [4.69, 9.17) is 16.7 Å². The Kier molecular flexibility index (Phi) is 2.83. The summed E-state index contributed by atoms with van der Waals surface area (Å²) in [6, 6.07) is 0. The van der Waals surface area contributed by atoms with Crippen LogP contribution in [0.1, 0.15) is 35.8 Å². The highest BCUT2D eigenvalue weighted by molar-refractivity contribution is 6.30. The Morgan fingerprint density at radius 2 is 2.15 bits per heavy atom. The van der Waals surface area contributed by atoms with E-state index in [1.807, 2.05) is 13.8 Å². The summed E-state index contributed by atoms with van der Waals surface area (Å²) in [6.07, 6.45) is 1.15. The van der Waals surface area contributed by atoms with Crippen molar-refractivity contribution in [1.82, 2.24) is 9.97 Å². The number of hydrogen-bond acceptors (Lipinski definition) is 3. The zero-order valence-electron chi connectivity index (χ0n) is 7.28. The minimum atomic E-state index is -1.08. The second kappa shape index (κ2) is 3.70. The highest BCUT2D eigenvalue weighted by atomic mass is 35.5. The van der Waals surface area contributed by atoms with Crippen molar-refractivity contribution in [3.05, 3.63) is 22.7 Å². The molecule has 0 spiro atoms. The zero-order chi connectivity index (χ0) is 10.0. The Hall–Kier alpha value is -1.16. The van der Waals surface area contributed by atoms with Crippen LogP contribution in [0.2, 0.25) is 5.15 Å². The first-order chi connectivity index (χ1) is 6.04. The molecular formula is C8H9ClN2O2. The molecule has 5 heteroatoms. The molecule has 0 amide bonds. The second-order valence-corrected chi connectivity index (χ2v) is 3.24. The van der Waals surface area contributed by atoms with E-state index in [0.29, 0.717) is 5.56 Å². The quantitative estimate of drug-likeness (QED) is 0.742. The van der Waals surface area contributed by atoms with E-state index in [1.54, 1.807) is 0 Å². The van der Waals surface area contributed by atoms with Crippen molar-refractivity contribution in [3.63, 3.8) is 0 Å². The number of hydrogen-bond donors (Lipinski definition) is 1. The normalized spacial score (nSPS) is 10.5. The van der Waals surface area contributed by atoms with Gasteiger partial charge < -0.3 is 5.11 Å². The molecule has 0 aliphatic carbocycles. The Bertz CT molecular complexity index is 339. The molecule has 1 heterocycles. The van der Waals surface area contributed by atoms with Gasteiger partial charge in [0.25, 0.3) is 0 Å². The number of carbonyl (C=O) groups is 1. The van der Waals surface area contributed by atoms with Crippen molar-refractivity contribution in [2.24, 2.45) is 0 Å². The molecule has 0 saturated carbocycles. The van der Waals surface area contributed by atoms with Crippen molar-refractivity contribution in [2.45, 2.75) is 19.8 Å². The van der Waals surface area contributed by atoms with Gasteiger partial charge in [0.05, 0.1) is 0 Å². The van der Waals surface area contributed by atoms with Gasteiger partial charge in [-0.2, -0.15) is 0 Å². The molecular weight excluding hydrogens is 192 g/mol. The maximum absolute atomic E-state index is 10.7. The van der Waals surface area contributed by atoms with E-state index in [9.17, 15) is 4.79 Å². The Balaban J connectivity index is 3.34. The minimum Gasteiger partial charge on any atom is -0.476 e. The Morgan fingerprint density at radius 1 is 1.54 bits per heavy atom. The molecule has 1 aromatic rings. The maximum atomic E-state index is 10.7. The highest BCUT2D eigenvalue weighted by Crippen LogP contribution is 2.24. The van der Waals surface area contributed by atoms with Crippen molar-refractivity contribution in [3.8, 4) is 0 Å². The number of aromatic nitrogens is 2. The van der Waals surface area contributed by atoms with Crippen LogP contribution in [0.3, 0.4) is 0 Å². The third-order valence-electron chi connectivity index (χ3n) is 1.62. The van der Waals surface area contributed by atoms with Crippen LogP contribution in [0.4, 0.5) is 0 Å². The van der Waals surface area contributed by atoms with Gasteiger partial charge in [-0.15, -0.1) is 0 Å². The van der Waals surface area contributed by atoms with E-state index < -0.39 is 5.97 Å². The largest absolute Gasteiger partial charge is 0.476 e. The molecule has 0 radical (unpaired) electrons. The molecule has 0 atom stereocenters. The van der Waals surface area contributed by atoms with Crippen LogP contribution in [0.25, 0.3) is 0 Å². The third kappa shape index (κ3) is 1.95. The smallest absolute Gasteiger partial charge is 0.354 e. The van der Waals surface area contributed by atoms with Crippen LogP contribution in [0.5, 0.6) is 0 Å². The van der Waals surface area contributed by atoms with Crippen LogP contribution >= 0.6 is 11.6 Å². The lowest BCUT2D eigenvalue weighted by Gasteiger charge is -2.08. The summed E-state index contributed by atoms with van der Waals surface area (Å²) < 4.78 is 0. The first kappa shape index (κ1) is 9.92. The van der Waals surface area contributed by atoms with Crippen LogP contribution < -0.4 is 0 Å². The summed E-state index contributed by atoms with van der Waals surface area (Å²) in [6.45, 7) is 3.69. The Labute approximate surface area is 80.6 Å². The van der Waals surface area contributed by atoms with Gasteiger partial charge in [0.2, 0.25) is 0 Å². The summed E-state index contributed by atoms with van der Waals surface area (Å²) in [7, 11) is 0. The number of rotatable bonds is 2. The average Bonchev–Trinajstić information content (AvgIpc) is 2.02. The van der Waals surface area contributed by atoms with Crippen molar-refractivity contribution in [1.29, 1.82) is 0 Å². The van der Waals surface area contributed by atoms with Crippen LogP contribution in [-0.4, -0.2) is 21.0 Å². The van der Waals surface area contributed by atoms with E-state index in [-0.39, 0.29) is 16.8 Å². The molecule has 0 unspecified atom stereocenters. The molecule has 1 aromatic heterocycles. The van der Waals surface area contributed by atoms with Crippen molar-refractivity contribution in [2.75, 3.05) is 0 Å². The van der Waals surface area contributed by atoms with E-state index in [0.717, 1.165) is 6.33 Å². The number of carboxylic acids is 1. The van der Waals surface area contributed by atoms with Gasteiger partial charge in [-0.3, -0.25) is 0 Å². The van der Waals surface area contributed by atoms with Gasteiger partial charge in [-0.05, 0) is 5.92 Å². The van der Waals surface area contributed by atoms with Gasteiger partial charge in [0.1, 0.15) is 11.5 Å². The Morgan fingerprint density at radius 3 is 2.54 bits per heavy atom. The molecule has 70 valence electrons. The molecule has 0 aromatic carbocycles. The zero-order valence-corrected chi connectivity index (χ0v) is 8.04. The molecule has 4 nitrogen and oxygen atoms in total. The molecule has 0 saturated heterocycles. The summed E-state index contributed by atoms with van der Waals surface area (Å²) in [5, 5.41) is 9.00. The summed E-state index contributed by atoms with van der Waals surface area (Å²) in [5.41, 5.74) is 0.465. The van der Waals surface area contributed by atoms with E-state index in [1.165, 1.54) is 0 Å². The average molecular weight is 201 g/mol. The van der Waals surface area contributed by atoms with Gasteiger partial charge in [-0.25, -0.2) is 14.8 Å². The lowest BCUT2D eigenvalue weighted by molar-refractivity contribution is 0.0688. The summed E-state index contributed by atoms with van der Waals surface area (Å²) in [4.78, 5) is 18.1. The van der Waals surface area contributed by atoms with E-state index >= 15 is 0 Å². The lowest BCUT2D eigenvalue weighted by Crippen LogP contribution is -2.08. The molecule has 1 rings (SSSR count). The fraction of sp³-hybridized carbons (Fsp3) is 0.375. The first-order valence-electron chi connectivity index (χ1n) is 3.77. The minimum absolute atomic E-state index is 0.000185. The lowest BCUT2D eigenvalue weighted by atomic mass is 10.0. The standard InChI is InChI=1S/C8H9ClN2O2/c1-4(2)5-6(8(12)13)10-3-11-7(5)9/h3-4H,1-2H3,(H,12,13). The van der Waals surface area contributed by atoms with Gasteiger partial charge in [-0.1, -0.05) is 25.4 Å².